The molecule has 2 rings (SSSR count). The van der Waals surface area contributed by atoms with Crippen LogP contribution in [-0.4, -0.2) is 65.4 Å². The number of hydrogen-bond donors (Lipinski definition) is 2. The van der Waals surface area contributed by atoms with Crippen LogP contribution < -0.4 is 0 Å². The summed E-state index contributed by atoms with van der Waals surface area (Å²) in [4.78, 5) is 24.4. The van der Waals surface area contributed by atoms with Crippen molar-refractivity contribution in [2.45, 2.75) is 44.1 Å². The minimum atomic E-state index is -1.40. The van der Waals surface area contributed by atoms with Crippen molar-refractivity contribution < 1.29 is 24.1 Å². The number of Topliss-reactive ketones (excluding diaryl/α,β-unsaturated/α-hetero) is 1. The third kappa shape index (κ3) is 6.74. The molecule has 1 saturated heterocycles. The molecule has 1 aromatic rings. The van der Waals surface area contributed by atoms with Crippen molar-refractivity contribution in [2.75, 3.05) is 26.3 Å². The molecule has 3 atom stereocenters. The molecule has 174 valence electrons. The Morgan fingerprint density at radius 1 is 1.31 bits per heavy atom. The Bertz CT molecular complexity index is 842. The zero-order valence-electron chi connectivity index (χ0n) is 18.2. The lowest BCUT2D eigenvalue weighted by molar-refractivity contribution is -0.139. The van der Waals surface area contributed by atoms with Crippen LogP contribution >= 0.6 is 0 Å². The van der Waals surface area contributed by atoms with Gasteiger partial charge in [0.25, 0.3) is 0 Å². The number of carbonyl (C=O) groups is 1. The summed E-state index contributed by atoms with van der Waals surface area (Å²) in [6.07, 6.45) is 5.80. The van der Waals surface area contributed by atoms with Gasteiger partial charge < -0.3 is 14.9 Å². The number of nitroso groups, excluding NO2 is 1. The molecule has 0 spiro atoms. The fraction of sp³-hybridized carbons (Fsp3) is 0.458. The monoisotopic (exact) mass is 446 g/mol. The van der Waals surface area contributed by atoms with Gasteiger partial charge in [-0.05, 0) is 43.0 Å². The van der Waals surface area contributed by atoms with Crippen molar-refractivity contribution in [3.05, 3.63) is 71.4 Å². The second-order valence-electron chi connectivity index (χ2n) is 7.70. The first-order valence-electron chi connectivity index (χ1n) is 10.7. The Morgan fingerprint density at radius 3 is 2.72 bits per heavy atom. The van der Waals surface area contributed by atoms with Crippen LogP contribution in [0.2, 0.25) is 0 Å². The van der Waals surface area contributed by atoms with Gasteiger partial charge in [0.1, 0.15) is 11.9 Å². The van der Waals surface area contributed by atoms with E-state index in [0.29, 0.717) is 30.9 Å². The van der Waals surface area contributed by atoms with Crippen LogP contribution in [0.4, 0.5) is 4.39 Å². The molecule has 0 radical (unpaired) electrons. The number of nitrogens with zero attached hydrogens (tertiary/aromatic N) is 2. The molecule has 1 heterocycles. The van der Waals surface area contributed by atoms with Crippen molar-refractivity contribution in [1.29, 1.82) is 0 Å². The van der Waals surface area contributed by atoms with E-state index in [9.17, 15) is 24.3 Å². The van der Waals surface area contributed by atoms with E-state index in [4.69, 9.17) is 4.74 Å². The number of allylic oxidation sites excluding steroid dienone is 4. The molecule has 32 heavy (non-hydrogen) atoms. The van der Waals surface area contributed by atoms with Gasteiger partial charge in [-0.3, -0.25) is 9.69 Å². The molecular weight excluding hydrogens is 415 g/mol. The van der Waals surface area contributed by atoms with Gasteiger partial charge in [-0.2, -0.15) is 0 Å². The van der Waals surface area contributed by atoms with E-state index in [2.05, 4.69) is 18.3 Å². The van der Waals surface area contributed by atoms with E-state index in [1.807, 2.05) is 6.07 Å². The number of aliphatic hydroxyl groups is 2. The van der Waals surface area contributed by atoms with E-state index >= 15 is 0 Å². The van der Waals surface area contributed by atoms with E-state index in [-0.39, 0.29) is 19.0 Å². The first kappa shape index (κ1) is 25.7. The van der Waals surface area contributed by atoms with Crippen molar-refractivity contribution in [3.8, 4) is 0 Å². The highest BCUT2D eigenvalue weighted by Gasteiger charge is 2.41. The molecule has 1 fully saturated rings. The third-order valence-corrected chi connectivity index (χ3v) is 5.54. The number of halogens is 1. The number of hydrogen-bond acceptors (Lipinski definition) is 7. The average molecular weight is 447 g/mol. The van der Waals surface area contributed by atoms with Crippen LogP contribution in [0.3, 0.4) is 0 Å². The number of ketones is 1. The van der Waals surface area contributed by atoms with Gasteiger partial charge in [-0.25, -0.2) is 4.39 Å². The van der Waals surface area contributed by atoms with Crippen LogP contribution in [0.25, 0.3) is 5.57 Å². The van der Waals surface area contributed by atoms with Crippen LogP contribution in [0, 0.1) is 10.7 Å². The van der Waals surface area contributed by atoms with Crippen LogP contribution in [0.5, 0.6) is 0 Å². The predicted octanol–water partition coefficient (Wildman–Crippen LogP) is 3.01. The maximum atomic E-state index is 14.4. The van der Waals surface area contributed by atoms with Crippen molar-refractivity contribution >= 4 is 11.4 Å². The minimum absolute atomic E-state index is 0.109. The van der Waals surface area contributed by atoms with Gasteiger partial charge in [0.15, 0.2) is 11.8 Å². The lowest BCUT2D eigenvalue weighted by Gasteiger charge is -2.38. The third-order valence-electron chi connectivity index (χ3n) is 5.54. The minimum Gasteiger partial charge on any atom is -0.395 e. The van der Waals surface area contributed by atoms with Gasteiger partial charge >= 0.3 is 0 Å². The number of rotatable bonds is 13. The summed E-state index contributed by atoms with van der Waals surface area (Å²) in [6, 6.07) is 3.15. The first-order chi connectivity index (χ1) is 15.5. The van der Waals surface area contributed by atoms with E-state index < -0.39 is 24.0 Å². The van der Waals surface area contributed by atoms with Gasteiger partial charge in [-0.15, -0.1) is 4.91 Å². The number of ether oxygens (including phenoxy) is 1. The smallest absolute Gasteiger partial charge is 0.192 e. The molecule has 0 aliphatic carbocycles. The Labute approximate surface area is 187 Å². The topological polar surface area (TPSA) is 99.4 Å². The second-order valence-corrected chi connectivity index (χ2v) is 7.70. The van der Waals surface area contributed by atoms with Gasteiger partial charge in [0.05, 0.1) is 19.3 Å². The molecule has 1 aliphatic rings. The summed E-state index contributed by atoms with van der Waals surface area (Å²) in [5, 5.41) is 22.3. The van der Waals surface area contributed by atoms with Gasteiger partial charge in [-0.1, -0.05) is 48.7 Å². The first-order valence-corrected chi connectivity index (χ1v) is 10.7. The largest absolute Gasteiger partial charge is 0.395 e. The van der Waals surface area contributed by atoms with Crippen LogP contribution in [0.15, 0.2) is 54.8 Å². The highest BCUT2D eigenvalue weighted by molar-refractivity contribution is 5.90. The fourth-order valence-corrected chi connectivity index (χ4v) is 3.75. The highest BCUT2D eigenvalue weighted by atomic mass is 19.1. The highest BCUT2D eigenvalue weighted by Crippen LogP contribution is 2.21. The van der Waals surface area contributed by atoms with E-state index in [1.165, 1.54) is 6.07 Å². The molecule has 1 unspecified atom stereocenters. The molecule has 8 heteroatoms. The lowest BCUT2D eigenvalue weighted by Crippen LogP contribution is -2.60. The summed E-state index contributed by atoms with van der Waals surface area (Å²) in [6.45, 7) is 8.37. The summed E-state index contributed by atoms with van der Waals surface area (Å²) in [5.74, 6) is -0.978. The van der Waals surface area contributed by atoms with Gasteiger partial charge in [0, 0.05) is 18.7 Å². The Balaban J connectivity index is 1.72. The number of carbonyl (C=O) groups excluding carboxylic acids is 1. The van der Waals surface area contributed by atoms with Crippen LogP contribution in [0.1, 0.15) is 30.4 Å². The van der Waals surface area contributed by atoms with Crippen molar-refractivity contribution in [3.63, 3.8) is 0 Å². The summed E-state index contributed by atoms with van der Waals surface area (Å²) in [5.41, 5.74) is 1.86. The zero-order valence-corrected chi connectivity index (χ0v) is 18.2. The second kappa shape index (κ2) is 13.1. The maximum absolute atomic E-state index is 14.4. The lowest BCUT2D eigenvalue weighted by atomic mass is 9.94. The fourth-order valence-electron chi connectivity index (χ4n) is 3.75. The molecule has 1 aromatic carbocycles. The van der Waals surface area contributed by atoms with Crippen LogP contribution in [-0.2, 0) is 16.1 Å². The summed E-state index contributed by atoms with van der Waals surface area (Å²) >= 11 is 0. The molecule has 2 N–H and O–H groups in total. The van der Waals surface area contributed by atoms with Crippen molar-refractivity contribution in [1.82, 2.24) is 4.90 Å². The molecule has 0 aromatic heterocycles. The molecule has 0 bridgehead atoms. The van der Waals surface area contributed by atoms with E-state index in [0.717, 1.165) is 24.8 Å². The Kier molecular flexibility index (Phi) is 10.6. The Morgan fingerprint density at radius 2 is 2.09 bits per heavy atom. The number of unbranched alkanes of at least 4 members (excludes halogenated alkanes) is 2. The number of piperidine rings is 1. The van der Waals surface area contributed by atoms with Gasteiger partial charge in [0.2, 0.25) is 0 Å². The molecule has 7 nitrogen and oxygen atoms in total. The zero-order chi connectivity index (χ0) is 23.5. The number of likely N-dealkylation sites (tertiary alicyclic amines) is 1. The summed E-state index contributed by atoms with van der Waals surface area (Å²) < 4.78 is 20.0. The number of aliphatic hydroxyl groups excluding tert-OH is 2. The standard InChI is InChI=1S/C24H31FN2O5/c1-3-8-18(4-2)19-10-9-17(13-20(19)25)16-32-12-7-5-6-11-27-14-21(26-31)23(29)24(30)22(27)15-28/h3-4,8-10,13,21-22,24,28,30H,1-2,5-7,11-12,14-16H2/b18-8+/t21?,22-,24+/m0/s1. The molecule has 1 aliphatic heterocycles. The average Bonchev–Trinajstić information content (AvgIpc) is 2.79. The number of benzene rings is 1. The molecule has 0 amide bonds. The molecule has 0 saturated carbocycles. The summed E-state index contributed by atoms with van der Waals surface area (Å²) in [7, 11) is 0. The maximum Gasteiger partial charge on any atom is 0.192 e. The predicted molar refractivity (Wildman–Crippen MR) is 121 cm³/mol. The normalized spacial score (nSPS) is 22.0. The van der Waals surface area contributed by atoms with E-state index in [1.54, 1.807) is 29.2 Å². The Hall–Kier alpha value is -2.52. The SMILES string of the molecule is C=C/C=C(\C=C)c1ccc(COCCCCCN2CC(N=O)C(=O)[C@H](O)[C@@H]2CO)cc1F. The quantitative estimate of drug-likeness (QED) is 0.275. The van der Waals surface area contributed by atoms with Crippen molar-refractivity contribution in [2.24, 2.45) is 5.18 Å². The molecular formula is C24H31FN2O5.